The van der Waals surface area contributed by atoms with Crippen molar-refractivity contribution in [3.05, 3.63) is 20.3 Å². The lowest BCUT2D eigenvalue weighted by Crippen LogP contribution is -2.20. The van der Waals surface area contributed by atoms with Crippen molar-refractivity contribution in [2.45, 2.75) is 32.7 Å². The lowest BCUT2D eigenvalue weighted by Gasteiger charge is -2.18. The van der Waals surface area contributed by atoms with E-state index in [0.717, 1.165) is 0 Å². The van der Waals surface area contributed by atoms with Gasteiger partial charge in [-0.1, -0.05) is 6.92 Å². The number of hydrogen-bond donors (Lipinski definition) is 1. The van der Waals surface area contributed by atoms with Crippen LogP contribution in [0.3, 0.4) is 0 Å². The zero-order chi connectivity index (χ0) is 9.64. The quantitative estimate of drug-likeness (QED) is 0.863. The second kappa shape index (κ2) is 3.07. The highest BCUT2D eigenvalue weighted by atomic mass is 79.9. The van der Waals surface area contributed by atoms with E-state index in [2.05, 4.69) is 35.8 Å². The van der Waals surface area contributed by atoms with Gasteiger partial charge in [0.25, 0.3) is 0 Å². The molecule has 0 bridgehead atoms. The summed E-state index contributed by atoms with van der Waals surface area (Å²) in [5.74, 6) is 0. The average Bonchev–Trinajstić information content (AvgIpc) is 2.71. The zero-order valence-corrected chi connectivity index (χ0v) is 10.3. The Hall–Kier alpha value is 0.140. The molecule has 2 rings (SSSR count). The molecule has 2 N–H and O–H groups in total. The van der Waals surface area contributed by atoms with Crippen LogP contribution in [0.4, 0.5) is 0 Å². The van der Waals surface area contributed by atoms with Crippen molar-refractivity contribution in [1.29, 1.82) is 0 Å². The lowest BCUT2D eigenvalue weighted by atomic mass is 9.93. The van der Waals surface area contributed by atoms with Crippen molar-refractivity contribution in [2.24, 2.45) is 11.1 Å². The van der Waals surface area contributed by atoms with E-state index < -0.39 is 0 Å². The van der Waals surface area contributed by atoms with E-state index in [9.17, 15) is 0 Å². The first kappa shape index (κ1) is 9.69. The number of halogens is 1. The molecule has 13 heavy (non-hydrogen) atoms. The smallest absolute Gasteiger partial charge is 0.0704 e. The van der Waals surface area contributed by atoms with Crippen LogP contribution in [-0.4, -0.2) is 0 Å². The summed E-state index contributed by atoms with van der Waals surface area (Å²) in [6, 6.07) is 2.41. The van der Waals surface area contributed by atoms with Crippen LogP contribution in [0, 0.1) is 12.3 Å². The van der Waals surface area contributed by atoms with Gasteiger partial charge in [0.2, 0.25) is 0 Å². The monoisotopic (exact) mass is 259 g/mol. The van der Waals surface area contributed by atoms with Gasteiger partial charge in [0, 0.05) is 10.9 Å². The maximum atomic E-state index is 6.23. The third-order valence-electron chi connectivity index (χ3n) is 3.05. The van der Waals surface area contributed by atoms with Crippen LogP contribution >= 0.6 is 27.3 Å². The Morgan fingerprint density at radius 2 is 2.23 bits per heavy atom. The molecule has 1 unspecified atom stereocenters. The Bertz CT molecular complexity index is 328. The van der Waals surface area contributed by atoms with Crippen LogP contribution in [0.15, 0.2) is 9.85 Å². The Morgan fingerprint density at radius 3 is 2.62 bits per heavy atom. The Labute approximate surface area is 91.5 Å². The molecule has 1 nitrogen and oxygen atoms in total. The van der Waals surface area contributed by atoms with Crippen LogP contribution in [0.2, 0.25) is 0 Å². The van der Waals surface area contributed by atoms with Gasteiger partial charge in [-0.05, 0) is 52.7 Å². The molecule has 3 heteroatoms. The van der Waals surface area contributed by atoms with Crippen LogP contribution in [0.25, 0.3) is 0 Å². The Kier molecular flexibility index (Phi) is 2.29. The molecule has 72 valence electrons. The fourth-order valence-electron chi connectivity index (χ4n) is 1.65. The van der Waals surface area contributed by atoms with Gasteiger partial charge in [-0.2, -0.15) is 0 Å². The first-order valence-corrected chi connectivity index (χ1v) is 6.15. The molecular formula is C10H14BrNS. The normalized spacial score (nSPS) is 21.5. The highest BCUT2D eigenvalue weighted by molar-refractivity contribution is 9.11. The number of thiophene rings is 1. The molecule has 0 aliphatic heterocycles. The van der Waals surface area contributed by atoms with Gasteiger partial charge in [0.15, 0.2) is 0 Å². The van der Waals surface area contributed by atoms with Crippen molar-refractivity contribution >= 4 is 27.3 Å². The largest absolute Gasteiger partial charge is 0.323 e. The predicted molar refractivity (Wildman–Crippen MR) is 61.0 cm³/mol. The van der Waals surface area contributed by atoms with Crippen molar-refractivity contribution in [3.8, 4) is 0 Å². The summed E-state index contributed by atoms with van der Waals surface area (Å²) in [5, 5.41) is 0. The van der Waals surface area contributed by atoms with Gasteiger partial charge in [0.1, 0.15) is 0 Å². The van der Waals surface area contributed by atoms with E-state index in [1.54, 1.807) is 11.3 Å². The van der Waals surface area contributed by atoms with Gasteiger partial charge in [-0.25, -0.2) is 0 Å². The standard InChI is InChI=1S/C10H14BrNS/c1-6-7(5-8(11)13-6)9(12)10(2)3-4-10/h5,9H,3-4,12H2,1-2H3. The average molecular weight is 260 g/mol. The molecule has 1 aliphatic rings. The van der Waals surface area contributed by atoms with Crippen molar-refractivity contribution < 1.29 is 0 Å². The fraction of sp³-hybridized carbons (Fsp3) is 0.600. The van der Waals surface area contributed by atoms with Crippen molar-refractivity contribution in [1.82, 2.24) is 0 Å². The van der Waals surface area contributed by atoms with E-state index in [4.69, 9.17) is 5.73 Å². The van der Waals surface area contributed by atoms with Crippen molar-refractivity contribution in [3.63, 3.8) is 0 Å². The first-order valence-electron chi connectivity index (χ1n) is 4.54. The summed E-state index contributed by atoms with van der Waals surface area (Å²) >= 11 is 5.28. The molecule has 1 fully saturated rings. The third kappa shape index (κ3) is 1.69. The predicted octanol–water partition coefficient (Wildman–Crippen LogP) is 3.62. The molecule has 0 amide bonds. The fourth-order valence-corrected chi connectivity index (χ4v) is 3.41. The van der Waals surface area contributed by atoms with Gasteiger partial charge in [-0.15, -0.1) is 11.3 Å². The maximum Gasteiger partial charge on any atom is 0.0704 e. The minimum atomic E-state index is 0.232. The van der Waals surface area contributed by atoms with Crippen LogP contribution in [0.5, 0.6) is 0 Å². The SMILES string of the molecule is Cc1sc(Br)cc1C(N)C1(C)CC1. The Balaban J connectivity index is 2.29. The van der Waals surface area contributed by atoms with Gasteiger partial charge in [0.05, 0.1) is 3.79 Å². The van der Waals surface area contributed by atoms with E-state index in [-0.39, 0.29) is 6.04 Å². The third-order valence-corrected chi connectivity index (χ3v) is 4.62. The highest BCUT2D eigenvalue weighted by Crippen LogP contribution is 2.54. The minimum absolute atomic E-state index is 0.232. The molecule has 0 radical (unpaired) electrons. The lowest BCUT2D eigenvalue weighted by molar-refractivity contribution is 0.450. The summed E-state index contributed by atoms with van der Waals surface area (Å²) in [7, 11) is 0. The maximum absolute atomic E-state index is 6.23. The van der Waals surface area contributed by atoms with Crippen LogP contribution in [-0.2, 0) is 0 Å². The van der Waals surface area contributed by atoms with E-state index in [1.165, 1.54) is 27.1 Å². The van der Waals surface area contributed by atoms with Crippen molar-refractivity contribution in [2.75, 3.05) is 0 Å². The molecule has 1 heterocycles. The molecule has 1 aliphatic carbocycles. The molecular weight excluding hydrogens is 246 g/mol. The number of hydrogen-bond acceptors (Lipinski definition) is 2. The molecule has 1 aromatic heterocycles. The molecule has 1 saturated carbocycles. The zero-order valence-electron chi connectivity index (χ0n) is 7.93. The Morgan fingerprint density at radius 1 is 1.62 bits per heavy atom. The number of rotatable bonds is 2. The summed E-state index contributed by atoms with van der Waals surface area (Å²) in [5.41, 5.74) is 7.95. The summed E-state index contributed by atoms with van der Waals surface area (Å²) in [6.07, 6.45) is 2.56. The second-order valence-corrected chi connectivity index (χ2v) is 6.83. The highest BCUT2D eigenvalue weighted by Gasteiger charge is 2.44. The molecule has 0 saturated heterocycles. The van der Waals surface area contributed by atoms with Gasteiger partial charge >= 0.3 is 0 Å². The van der Waals surface area contributed by atoms with E-state index >= 15 is 0 Å². The number of nitrogens with two attached hydrogens (primary N) is 1. The van der Waals surface area contributed by atoms with Crippen LogP contribution < -0.4 is 5.73 Å². The minimum Gasteiger partial charge on any atom is -0.323 e. The van der Waals surface area contributed by atoms with Gasteiger partial charge in [-0.3, -0.25) is 0 Å². The summed E-state index contributed by atoms with van der Waals surface area (Å²) in [6.45, 7) is 4.43. The summed E-state index contributed by atoms with van der Waals surface area (Å²) in [4.78, 5) is 1.35. The topological polar surface area (TPSA) is 26.0 Å². The summed E-state index contributed by atoms with van der Waals surface area (Å²) < 4.78 is 1.19. The molecule has 1 atom stereocenters. The van der Waals surface area contributed by atoms with Crippen LogP contribution in [0.1, 0.15) is 36.2 Å². The van der Waals surface area contributed by atoms with E-state index in [1.807, 2.05) is 0 Å². The number of aryl methyl sites for hydroxylation is 1. The van der Waals surface area contributed by atoms with E-state index in [0.29, 0.717) is 5.41 Å². The molecule has 0 spiro atoms. The second-order valence-electron chi connectivity index (χ2n) is 4.19. The molecule has 0 aromatic carbocycles. The van der Waals surface area contributed by atoms with Gasteiger partial charge < -0.3 is 5.73 Å². The first-order chi connectivity index (χ1) is 6.03. The molecule has 1 aromatic rings.